The first kappa shape index (κ1) is 21.2. The SMILES string of the molecule is Cc1cc(Nc2nc(C)cs2)cc([C@@H]2CCCN(C(=O)Cn3nc(C)ccc3=O)C2)n1. The molecule has 1 aliphatic heterocycles. The lowest BCUT2D eigenvalue weighted by Crippen LogP contribution is -2.42. The van der Waals surface area contributed by atoms with Crippen molar-refractivity contribution in [3.8, 4) is 0 Å². The average Bonchev–Trinajstić information content (AvgIpc) is 3.15. The first-order chi connectivity index (χ1) is 14.9. The maximum Gasteiger partial charge on any atom is 0.267 e. The van der Waals surface area contributed by atoms with Crippen molar-refractivity contribution in [2.75, 3.05) is 18.4 Å². The zero-order valence-corrected chi connectivity index (χ0v) is 18.8. The van der Waals surface area contributed by atoms with Crippen LogP contribution in [0.1, 0.15) is 41.5 Å². The number of amides is 1. The van der Waals surface area contributed by atoms with Gasteiger partial charge in [-0.15, -0.1) is 11.3 Å². The highest BCUT2D eigenvalue weighted by atomic mass is 32.1. The summed E-state index contributed by atoms with van der Waals surface area (Å²) in [6.45, 7) is 6.99. The van der Waals surface area contributed by atoms with E-state index in [-0.39, 0.29) is 23.9 Å². The highest BCUT2D eigenvalue weighted by Crippen LogP contribution is 2.29. The Labute approximate surface area is 185 Å². The second-order valence-corrected chi connectivity index (χ2v) is 8.85. The molecular weight excluding hydrogens is 412 g/mol. The molecule has 162 valence electrons. The van der Waals surface area contributed by atoms with Gasteiger partial charge >= 0.3 is 0 Å². The summed E-state index contributed by atoms with van der Waals surface area (Å²) in [5, 5.41) is 10.4. The summed E-state index contributed by atoms with van der Waals surface area (Å²) >= 11 is 1.57. The third kappa shape index (κ3) is 5.16. The Kier molecular flexibility index (Phi) is 6.13. The molecule has 1 aliphatic rings. The lowest BCUT2D eigenvalue weighted by atomic mass is 9.93. The van der Waals surface area contributed by atoms with Crippen LogP contribution >= 0.6 is 11.3 Å². The molecule has 3 aromatic rings. The Morgan fingerprint density at radius 3 is 2.77 bits per heavy atom. The van der Waals surface area contributed by atoms with Gasteiger partial charge in [0, 0.05) is 47.5 Å². The predicted octanol–water partition coefficient (Wildman–Crippen LogP) is 3.17. The molecule has 1 atom stereocenters. The van der Waals surface area contributed by atoms with E-state index in [2.05, 4.69) is 21.5 Å². The van der Waals surface area contributed by atoms with Crippen LogP contribution in [0.15, 0.2) is 34.4 Å². The average molecular weight is 439 g/mol. The van der Waals surface area contributed by atoms with Crippen molar-refractivity contribution in [1.82, 2.24) is 24.6 Å². The molecule has 31 heavy (non-hydrogen) atoms. The molecule has 3 aromatic heterocycles. The van der Waals surface area contributed by atoms with E-state index >= 15 is 0 Å². The van der Waals surface area contributed by atoms with Gasteiger partial charge in [-0.2, -0.15) is 5.10 Å². The van der Waals surface area contributed by atoms with Crippen molar-refractivity contribution in [2.24, 2.45) is 0 Å². The smallest absolute Gasteiger partial charge is 0.267 e. The number of aryl methyl sites for hydroxylation is 3. The third-order valence-electron chi connectivity index (χ3n) is 5.32. The number of aromatic nitrogens is 4. The van der Waals surface area contributed by atoms with Gasteiger partial charge in [0.05, 0.1) is 11.4 Å². The molecule has 0 spiro atoms. The van der Waals surface area contributed by atoms with E-state index < -0.39 is 0 Å². The van der Waals surface area contributed by atoms with Crippen LogP contribution in [0.2, 0.25) is 0 Å². The number of thiazole rings is 1. The summed E-state index contributed by atoms with van der Waals surface area (Å²) in [5.41, 5.74) is 4.29. The summed E-state index contributed by atoms with van der Waals surface area (Å²) in [6.07, 6.45) is 1.87. The Morgan fingerprint density at radius 1 is 1.16 bits per heavy atom. The van der Waals surface area contributed by atoms with Crippen LogP contribution in [0.5, 0.6) is 0 Å². The molecule has 1 fully saturated rings. The topological polar surface area (TPSA) is 93.0 Å². The normalized spacial score (nSPS) is 16.4. The van der Waals surface area contributed by atoms with Crippen LogP contribution in [0.4, 0.5) is 10.8 Å². The zero-order valence-electron chi connectivity index (χ0n) is 18.0. The molecule has 0 saturated carbocycles. The number of hydrogen-bond donors (Lipinski definition) is 1. The van der Waals surface area contributed by atoms with Gasteiger partial charge in [-0.1, -0.05) is 0 Å². The quantitative estimate of drug-likeness (QED) is 0.658. The fraction of sp³-hybridized carbons (Fsp3) is 0.409. The van der Waals surface area contributed by atoms with E-state index in [4.69, 9.17) is 4.98 Å². The zero-order chi connectivity index (χ0) is 22.0. The summed E-state index contributed by atoms with van der Waals surface area (Å²) in [6, 6.07) is 7.16. The van der Waals surface area contributed by atoms with Gasteiger partial charge in [-0.3, -0.25) is 14.6 Å². The first-order valence-electron chi connectivity index (χ1n) is 10.4. The fourth-order valence-corrected chi connectivity index (χ4v) is 4.56. The monoisotopic (exact) mass is 438 g/mol. The number of pyridine rings is 1. The second kappa shape index (κ2) is 8.97. The maximum absolute atomic E-state index is 12.9. The van der Waals surface area contributed by atoms with Crippen LogP contribution < -0.4 is 10.9 Å². The van der Waals surface area contributed by atoms with Crippen LogP contribution in [-0.4, -0.2) is 43.6 Å². The molecule has 1 N–H and O–H groups in total. The number of carbonyl (C=O) groups is 1. The largest absolute Gasteiger partial charge is 0.340 e. The highest BCUT2D eigenvalue weighted by molar-refractivity contribution is 7.13. The lowest BCUT2D eigenvalue weighted by molar-refractivity contribution is -0.133. The van der Waals surface area contributed by atoms with Gasteiger partial charge < -0.3 is 10.2 Å². The molecule has 0 aliphatic carbocycles. The van der Waals surface area contributed by atoms with Crippen molar-refractivity contribution < 1.29 is 4.79 Å². The molecule has 4 heterocycles. The number of piperidine rings is 1. The van der Waals surface area contributed by atoms with Gasteiger partial charge in [0.2, 0.25) is 5.91 Å². The van der Waals surface area contributed by atoms with E-state index in [1.807, 2.05) is 30.2 Å². The van der Waals surface area contributed by atoms with Gasteiger partial charge in [-0.25, -0.2) is 9.67 Å². The molecule has 0 bridgehead atoms. The molecular formula is C22H26N6O2S. The number of nitrogens with one attached hydrogen (secondary N) is 1. The van der Waals surface area contributed by atoms with Gasteiger partial charge in [0.15, 0.2) is 5.13 Å². The van der Waals surface area contributed by atoms with E-state index in [9.17, 15) is 9.59 Å². The van der Waals surface area contributed by atoms with Crippen LogP contribution in [0.3, 0.4) is 0 Å². The Morgan fingerprint density at radius 2 is 2.00 bits per heavy atom. The van der Waals surface area contributed by atoms with Gasteiger partial charge in [0.1, 0.15) is 6.54 Å². The number of rotatable bonds is 5. The summed E-state index contributed by atoms with van der Waals surface area (Å²) < 4.78 is 1.24. The van der Waals surface area contributed by atoms with Crippen molar-refractivity contribution >= 4 is 28.1 Å². The van der Waals surface area contributed by atoms with Crippen molar-refractivity contribution in [3.63, 3.8) is 0 Å². The molecule has 9 heteroatoms. The van der Waals surface area contributed by atoms with Gasteiger partial charge in [-0.05, 0) is 51.8 Å². The summed E-state index contributed by atoms with van der Waals surface area (Å²) in [7, 11) is 0. The van der Waals surface area contributed by atoms with E-state index in [1.165, 1.54) is 10.7 Å². The van der Waals surface area contributed by atoms with E-state index in [1.54, 1.807) is 24.3 Å². The molecule has 0 unspecified atom stereocenters. The number of carbonyl (C=O) groups excluding carboxylic acids is 1. The number of nitrogens with zero attached hydrogens (tertiary/aromatic N) is 5. The molecule has 8 nitrogen and oxygen atoms in total. The fourth-order valence-electron chi connectivity index (χ4n) is 3.85. The number of likely N-dealkylation sites (tertiary alicyclic amines) is 1. The molecule has 0 aromatic carbocycles. The van der Waals surface area contributed by atoms with E-state index in [0.29, 0.717) is 18.8 Å². The van der Waals surface area contributed by atoms with Crippen molar-refractivity contribution in [1.29, 1.82) is 0 Å². The molecule has 1 amide bonds. The minimum Gasteiger partial charge on any atom is -0.340 e. The Balaban J connectivity index is 1.48. The second-order valence-electron chi connectivity index (χ2n) is 7.99. The predicted molar refractivity (Wildman–Crippen MR) is 121 cm³/mol. The molecule has 4 rings (SSSR count). The van der Waals surface area contributed by atoms with Crippen LogP contribution in [-0.2, 0) is 11.3 Å². The minimum absolute atomic E-state index is 0.0370. The Hall–Kier alpha value is -3.07. The summed E-state index contributed by atoms with van der Waals surface area (Å²) in [5.74, 6) is 0.0625. The number of hydrogen-bond acceptors (Lipinski definition) is 7. The van der Waals surface area contributed by atoms with Crippen molar-refractivity contribution in [2.45, 2.75) is 46.1 Å². The standard InChI is InChI=1S/C22H26N6O2S/c1-14-6-7-20(29)28(26-14)12-21(30)27-8-4-5-17(11-27)19-10-18(9-15(2)23-19)25-22-24-16(3)13-31-22/h6-7,9-10,13,17H,4-5,8,11-12H2,1-3H3,(H,23,24,25)/t17-/m1/s1. The highest BCUT2D eigenvalue weighted by Gasteiger charge is 2.26. The molecule has 0 radical (unpaired) electrons. The van der Waals surface area contributed by atoms with Crippen LogP contribution in [0.25, 0.3) is 0 Å². The Bertz CT molecular complexity index is 1150. The molecule has 1 saturated heterocycles. The van der Waals surface area contributed by atoms with E-state index in [0.717, 1.165) is 40.7 Å². The number of anilines is 2. The lowest BCUT2D eigenvalue weighted by Gasteiger charge is -2.33. The maximum atomic E-state index is 12.9. The third-order valence-corrected chi connectivity index (χ3v) is 6.20. The first-order valence-corrected chi connectivity index (χ1v) is 11.3. The van der Waals surface area contributed by atoms with Gasteiger partial charge in [0.25, 0.3) is 5.56 Å². The summed E-state index contributed by atoms with van der Waals surface area (Å²) in [4.78, 5) is 35.9. The minimum atomic E-state index is -0.263. The van der Waals surface area contributed by atoms with Crippen LogP contribution in [0, 0.1) is 20.8 Å². The van der Waals surface area contributed by atoms with Crippen molar-refractivity contribution in [3.05, 3.63) is 62.8 Å².